The van der Waals surface area contributed by atoms with Crippen molar-refractivity contribution in [2.24, 2.45) is 0 Å². The second-order valence-corrected chi connectivity index (χ2v) is 6.68. The van der Waals surface area contributed by atoms with Gasteiger partial charge in [-0.3, -0.25) is 14.5 Å². The molecule has 2 N–H and O–H groups in total. The van der Waals surface area contributed by atoms with Crippen LogP contribution in [0.25, 0.3) is 0 Å². The van der Waals surface area contributed by atoms with E-state index < -0.39 is 5.97 Å². The predicted molar refractivity (Wildman–Crippen MR) is 96.4 cm³/mol. The number of nitrogens with zero attached hydrogens (tertiary/aromatic N) is 1. The van der Waals surface area contributed by atoms with E-state index >= 15 is 0 Å². The molecule has 0 bridgehead atoms. The Morgan fingerprint density at radius 1 is 1.36 bits per heavy atom. The summed E-state index contributed by atoms with van der Waals surface area (Å²) in [6, 6.07) is 5.26. The van der Waals surface area contributed by atoms with Crippen LogP contribution in [0.3, 0.4) is 0 Å². The van der Waals surface area contributed by atoms with Gasteiger partial charge >= 0.3 is 5.97 Å². The summed E-state index contributed by atoms with van der Waals surface area (Å²) in [6.45, 7) is 5.19. The summed E-state index contributed by atoms with van der Waals surface area (Å²) in [5.41, 5.74) is 0.433. The molecule has 1 aliphatic carbocycles. The zero-order chi connectivity index (χ0) is 18.4. The van der Waals surface area contributed by atoms with Gasteiger partial charge in [-0.2, -0.15) is 0 Å². The van der Waals surface area contributed by atoms with Crippen LogP contribution >= 0.6 is 11.6 Å². The van der Waals surface area contributed by atoms with Crippen LogP contribution in [0.5, 0.6) is 5.75 Å². The number of aliphatic carboxylic acids is 1. The average molecular weight is 369 g/mol. The summed E-state index contributed by atoms with van der Waals surface area (Å²) in [6.07, 6.45) is 2.35. The molecule has 0 saturated heterocycles. The number of benzene rings is 1. The summed E-state index contributed by atoms with van der Waals surface area (Å²) >= 11 is 6.01. The number of nitrogens with one attached hydrogen (secondary N) is 1. The van der Waals surface area contributed by atoms with Gasteiger partial charge in [0.2, 0.25) is 0 Å². The fraction of sp³-hybridized carbons (Fsp3) is 0.556. The molecule has 7 heteroatoms. The lowest BCUT2D eigenvalue weighted by Gasteiger charge is -2.42. The Morgan fingerprint density at radius 3 is 2.68 bits per heavy atom. The Balaban J connectivity index is 1.93. The first-order valence-electron chi connectivity index (χ1n) is 8.63. The molecule has 0 atom stereocenters. The van der Waals surface area contributed by atoms with Gasteiger partial charge in [0, 0.05) is 17.1 Å². The van der Waals surface area contributed by atoms with Gasteiger partial charge in [0.05, 0.1) is 18.7 Å². The van der Waals surface area contributed by atoms with Crippen LogP contribution in [0.2, 0.25) is 5.02 Å². The van der Waals surface area contributed by atoms with Gasteiger partial charge in [0.25, 0.3) is 5.91 Å². The third kappa shape index (κ3) is 5.34. The number of ether oxygens (including phenoxy) is 1. The van der Waals surface area contributed by atoms with Crippen LogP contribution in [0.15, 0.2) is 18.2 Å². The highest BCUT2D eigenvalue weighted by atomic mass is 35.5. The number of carbonyl (C=O) groups is 2. The largest absolute Gasteiger partial charge is 0.493 e. The van der Waals surface area contributed by atoms with Crippen LogP contribution in [0.1, 0.15) is 43.5 Å². The monoisotopic (exact) mass is 368 g/mol. The van der Waals surface area contributed by atoms with Crippen LogP contribution in [-0.2, 0) is 4.79 Å². The van der Waals surface area contributed by atoms with Crippen molar-refractivity contribution in [3.8, 4) is 5.75 Å². The van der Waals surface area contributed by atoms with Crippen molar-refractivity contribution in [2.45, 2.75) is 45.2 Å². The molecule has 1 fully saturated rings. The molecule has 1 aliphatic rings. The van der Waals surface area contributed by atoms with E-state index in [1.807, 2.05) is 18.7 Å². The minimum Gasteiger partial charge on any atom is -0.493 e. The molecule has 1 saturated carbocycles. The van der Waals surface area contributed by atoms with Gasteiger partial charge in [-0.05, 0) is 44.0 Å². The maximum Gasteiger partial charge on any atom is 0.317 e. The number of halogens is 1. The Kier molecular flexibility index (Phi) is 7.08. The van der Waals surface area contributed by atoms with Crippen LogP contribution in [0.4, 0.5) is 0 Å². The van der Waals surface area contributed by atoms with E-state index in [1.54, 1.807) is 18.2 Å². The molecule has 0 heterocycles. The van der Waals surface area contributed by atoms with Crippen LogP contribution < -0.4 is 10.1 Å². The summed E-state index contributed by atoms with van der Waals surface area (Å²) in [5.74, 6) is -0.509. The third-order valence-corrected chi connectivity index (χ3v) is 4.59. The Hall–Kier alpha value is -1.79. The summed E-state index contributed by atoms with van der Waals surface area (Å²) in [4.78, 5) is 25.3. The zero-order valence-electron chi connectivity index (χ0n) is 14.6. The van der Waals surface area contributed by atoms with Crippen LogP contribution in [0, 0.1) is 0 Å². The maximum atomic E-state index is 12.6. The minimum absolute atomic E-state index is 0.0329. The fourth-order valence-corrected chi connectivity index (χ4v) is 3.13. The lowest BCUT2D eigenvalue weighted by molar-refractivity contribution is -0.139. The minimum atomic E-state index is -0.828. The molecular weight excluding hydrogens is 344 g/mol. The second kappa shape index (κ2) is 9.06. The van der Waals surface area contributed by atoms with Crippen molar-refractivity contribution in [1.82, 2.24) is 10.2 Å². The fourth-order valence-electron chi connectivity index (χ4n) is 2.96. The van der Waals surface area contributed by atoms with Crippen molar-refractivity contribution in [1.29, 1.82) is 0 Å². The van der Waals surface area contributed by atoms with E-state index in [4.69, 9.17) is 21.4 Å². The second-order valence-electron chi connectivity index (χ2n) is 6.24. The maximum absolute atomic E-state index is 12.6. The van der Waals surface area contributed by atoms with Crippen molar-refractivity contribution < 1.29 is 19.4 Å². The van der Waals surface area contributed by atoms with E-state index in [9.17, 15) is 9.59 Å². The molecule has 1 aromatic rings. The lowest BCUT2D eigenvalue weighted by atomic mass is 9.85. The number of amides is 1. The highest BCUT2D eigenvalue weighted by Crippen LogP contribution is 2.28. The molecular formula is C18H25ClN2O4. The quantitative estimate of drug-likeness (QED) is 0.700. The molecule has 138 valence electrons. The first-order chi connectivity index (χ1) is 11.9. The van der Waals surface area contributed by atoms with E-state index in [0.29, 0.717) is 29.5 Å². The molecule has 1 amide bonds. The van der Waals surface area contributed by atoms with Crippen LogP contribution in [-0.4, -0.2) is 53.7 Å². The molecule has 0 aliphatic heterocycles. The third-order valence-electron chi connectivity index (χ3n) is 4.36. The van der Waals surface area contributed by atoms with Gasteiger partial charge in [-0.1, -0.05) is 25.4 Å². The zero-order valence-corrected chi connectivity index (χ0v) is 15.4. The molecule has 0 unspecified atom stereocenters. The Labute approximate surface area is 153 Å². The van der Waals surface area contributed by atoms with Crippen molar-refractivity contribution >= 4 is 23.5 Å². The van der Waals surface area contributed by atoms with E-state index in [1.165, 1.54) is 0 Å². The summed E-state index contributed by atoms with van der Waals surface area (Å²) in [7, 11) is 0. The smallest absolute Gasteiger partial charge is 0.317 e. The number of hydrogen-bond acceptors (Lipinski definition) is 4. The number of carboxylic acid groups (broad SMARTS) is 1. The number of rotatable bonds is 9. The van der Waals surface area contributed by atoms with Crippen molar-refractivity contribution in [3.63, 3.8) is 0 Å². The number of carbonyl (C=O) groups excluding carboxylic acids is 1. The topological polar surface area (TPSA) is 78.9 Å². The molecule has 25 heavy (non-hydrogen) atoms. The number of carboxylic acids is 1. The van der Waals surface area contributed by atoms with E-state index in [2.05, 4.69) is 5.32 Å². The lowest BCUT2D eigenvalue weighted by Crippen LogP contribution is -2.54. The highest BCUT2D eigenvalue weighted by Gasteiger charge is 2.35. The van der Waals surface area contributed by atoms with Gasteiger partial charge < -0.3 is 15.2 Å². The predicted octanol–water partition coefficient (Wildman–Crippen LogP) is 2.80. The van der Waals surface area contributed by atoms with Gasteiger partial charge in [-0.25, -0.2) is 0 Å². The van der Waals surface area contributed by atoms with E-state index in [0.717, 1.165) is 19.3 Å². The first-order valence-corrected chi connectivity index (χ1v) is 9.01. The summed E-state index contributed by atoms with van der Waals surface area (Å²) < 4.78 is 5.62. The molecule has 0 spiro atoms. The van der Waals surface area contributed by atoms with E-state index in [-0.39, 0.29) is 24.5 Å². The van der Waals surface area contributed by atoms with Crippen molar-refractivity contribution in [3.05, 3.63) is 28.8 Å². The SMILES string of the molecule is CCCOc1ccc(Cl)cc1C(=O)NC1CC(N(CC)CC(=O)O)C1. The van der Waals surface area contributed by atoms with Crippen molar-refractivity contribution in [2.75, 3.05) is 19.7 Å². The highest BCUT2D eigenvalue weighted by molar-refractivity contribution is 6.31. The molecule has 0 aromatic heterocycles. The first kappa shape index (κ1) is 19.5. The molecule has 2 rings (SSSR count). The standard InChI is InChI=1S/C18H25ClN2O4/c1-3-7-25-16-6-5-12(19)8-15(16)18(24)20-13-9-14(10-13)21(4-2)11-17(22)23/h5-6,8,13-14H,3-4,7,9-11H2,1-2H3,(H,20,24)(H,22,23). The molecule has 0 radical (unpaired) electrons. The molecule has 1 aromatic carbocycles. The summed E-state index contributed by atoms with van der Waals surface area (Å²) in [5, 5.41) is 12.4. The normalized spacial score (nSPS) is 19.4. The van der Waals surface area contributed by atoms with Gasteiger partial charge in [-0.15, -0.1) is 0 Å². The Morgan fingerprint density at radius 2 is 2.08 bits per heavy atom. The Bertz CT molecular complexity index is 617. The average Bonchev–Trinajstić information content (AvgIpc) is 2.54. The van der Waals surface area contributed by atoms with Gasteiger partial charge in [0.15, 0.2) is 0 Å². The van der Waals surface area contributed by atoms with Gasteiger partial charge in [0.1, 0.15) is 5.75 Å². The molecule has 6 nitrogen and oxygen atoms in total. The number of likely N-dealkylation sites (N-methyl/N-ethyl adjacent to an activating group) is 1. The number of hydrogen-bond donors (Lipinski definition) is 2.